The molecule has 0 bridgehead atoms. The summed E-state index contributed by atoms with van der Waals surface area (Å²) in [7, 11) is 1.32. The molecule has 0 N–H and O–H groups in total. The number of ether oxygens (including phenoxy) is 3. The van der Waals surface area contributed by atoms with Crippen molar-refractivity contribution >= 4 is 23.5 Å². The van der Waals surface area contributed by atoms with Crippen LogP contribution in [0.4, 0.5) is 0 Å². The number of methoxy groups -OCH3 is 1. The molecule has 1 fully saturated rings. The molecule has 1 heterocycles. The molecular weight excluding hydrogens is 312 g/mol. The molecular formula is C18H20O6. The highest BCUT2D eigenvalue weighted by Crippen LogP contribution is 2.31. The zero-order valence-electron chi connectivity index (χ0n) is 14.0. The molecule has 24 heavy (non-hydrogen) atoms. The Morgan fingerprint density at radius 1 is 1.04 bits per heavy atom. The highest BCUT2D eigenvalue weighted by atomic mass is 16.7. The molecule has 1 saturated heterocycles. The van der Waals surface area contributed by atoms with E-state index < -0.39 is 17.7 Å². The summed E-state index contributed by atoms with van der Waals surface area (Å²) in [6.45, 7) is 3.00. The third kappa shape index (κ3) is 4.22. The van der Waals surface area contributed by atoms with Gasteiger partial charge in [0.05, 0.1) is 7.11 Å². The van der Waals surface area contributed by atoms with Gasteiger partial charge in [-0.05, 0) is 24.0 Å². The van der Waals surface area contributed by atoms with Crippen LogP contribution in [0.2, 0.25) is 0 Å². The number of cyclic esters (lactones) is 2. The molecule has 1 aliphatic rings. The lowest BCUT2D eigenvalue weighted by molar-refractivity contribution is -0.222. The van der Waals surface area contributed by atoms with Gasteiger partial charge in [-0.25, -0.2) is 9.59 Å². The maximum atomic E-state index is 12.3. The first-order valence-corrected chi connectivity index (χ1v) is 7.66. The maximum absolute atomic E-state index is 12.3. The molecule has 0 aliphatic carbocycles. The second kappa shape index (κ2) is 7.29. The van der Waals surface area contributed by atoms with Crippen molar-refractivity contribution in [2.45, 2.75) is 38.9 Å². The lowest BCUT2D eigenvalue weighted by Crippen LogP contribution is -2.42. The molecule has 6 nitrogen and oxygen atoms in total. The number of hydrogen-bond donors (Lipinski definition) is 0. The van der Waals surface area contributed by atoms with Crippen LogP contribution in [-0.2, 0) is 28.6 Å². The van der Waals surface area contributed by atoms with Gasteiger partial charge < -0.3 is 14.2 Å². The van der Waals surface area contributed by atoms with E-state index in [0.717, 1.165) is 0 Å². The van der Waals surface area contributed by atoms with Gasteiger partial charge in [0, 0.05) is 20.3 Å². The van der Waals surface area contributed by atoms with Gasteiger partial charge in [-0.3, -0.25) is 4.79 Å². The zero-order valence-corrected chi connectivity index (χ0v) is 14.0. The van der Waals surface area contributed by atoms with Crippen LogP contribution in [0.3, 0.4) is 0 Å². The average Bonchev–Trinajstić information content (AvgIpc) is 2.52. The molecule has 0 spiro atoms. The molecule has 0 unspecified atom stereocenters. The topological polar surface area (TPSA) is 78.9 Å². The van der Waals surface area contributed by atoms with Gasteiger partial charge in [0.1, 0.15) is 5.57 Å². The largest absolute Gasteiger partial charge is 0.469 e. The quantitative estimate of drug-likeness (QED) is 0.468. The van der Waals surface area contributed by atoms with Crippen LogP contribution in [-0.4, -0.2) is 30.8 Å². The van der Waals surface area contributed by atoms with E-state index in [1.54, 1.807) is 24.3 Å². The maximum Gasteiger partial charge on any atom is 0.349 e. The van der Waals surface area contributed by atoms with Gasteiger partial charge in [0.15, 0.2) is 0 Å². The van der Waals surface area contributed by atoms with Crippen molar-refractivity contribution in [3.05, 3.63) is 41.5 Å². The van der Waals surface area contributed by atoms with Crippen LogP contribution in [0.1, 0.15) is 38.7 Å². The van der Waals surface area contributed by atoms with E-state index in [1.807, 2.05) is 6.07 Å². The number of benzene rings is 1. The zero-order chi connectivity index (χ0) is 17.7. The summed E-state index contributed by atoms with van der Waals surface area (Å²) < 4.78 is 15.0. The summed E-state index contributed by atoms with van der Waals surface area (Å²) in [5.41, 5.74) is 1.10. The molecule has 0 radical (unpaired) electrons. The van der Waals surface area contributed by atoms with Crippen molar-refractivity contribution in [3.8, 4) is 0 Å². The summed E-state index contributed by atoms with van der Waals surface area (Å²) in [5.74, 6) is -3.06. The van der Waals surface area contributed by atoms with E-state index in [9.17, 15) is 14.4 Å². The van der Waals surface area contributed by atoms with Crippen molar-refractivity contribution in [2.75, 3.05) is 7.11 Å². The van der Waals surface area contributed by atoms with Crippen LogP contribution in [0.15, 0.2) is 35.9 Å². The number of carbonyl (C=O) groups excluding carboxylic acids is 3. The van der Waals surface area contributed by atoms with Gasteiger partial charge >= 0.3 is 17.9 Å². The molecule has 0 aromatic heterocycles. The van der Waals surface area contributed by atoms with Crippen LogP contribution in [0.5, 0.6) is 0 Å². The molecule has 0 atom stereocenters. The van der Waals surface area contributed by atoms with Crippen LogP contribution >= 0.6 is 0 Å². The Kier molecular flexibility index (Phi) is 5.39. The second-order valence-corrected chi connectivity index (χ2v) is 5.83. The lowest BCUT2D eigenvalue weighted by atomic mass is 9.94. The van der Waals surface area contributed by atoms with Gasteiger partial charge in [-0.2, -0.15) is 0 Å². The molecule has 1 aliphatic heterocycles. The van der Waals surface area contributed by atoms with E-state index in [4.69, 9.17) is 9.47 Å². The van der Waals surface area contributed by atoms with Crippen molar-refractivity contribution in [3.63, 3.8) is 0 Å². The number of esters is 3. The van der Waals surface area contributed by atoms with Crippen molar-refractivity contribution in [1.29, 1.82) is 0 Å². The third-order valence-electron chi connectivity index (χ3n) is 3.54. The minimum Gasteiger partial charge on any atom is -0.469 e. The Bertz CT molecular complexity index is 650. The smallest absolute Gasteiger partial charge is 0.349 e. The highest BCUT2D eigenvalue weighted by molar-refractivity contribution is 6.21. The summed E-state index contributed by atoms with van der Waals surface area (Å²) in [6.07, 6.45) is 0.971. The average molecular weight is 332 g/mol. The first-order valence-electron chi connectivity index (χ1n) is 7.66. The van der Waals surface area contributed by atoms with E-state index >= 15 is 0 Å². The van der Waals surface area contributed by atoms with Crippen LogP contribution in [0, 0.1) is 0 Å². The van der Waals surface area contributed by atoms with E-state index in [0.29, 0.717) is 24.0 Å². The number of rotatable bonds is 5. The minimum atomic E-state index is -1.29. The van der Waals surface area contributed by atoms with Gasteiger partial charge in [0.25, 0.3) is 5.79 Å². The predicted molar refractivity (Wildman–Crippen MR) is 85.5 cm³/mol. The Hall–Kier alpha value is -2.63. The van der Waals surface area contributed by atoms with E-state index in [1.165, 1.54) is 21.0 Å². The summed E-state index contributed by atoms with van der Waals surface area (Å²) >= 11 is 0. The van der Waals surface area contributed by atoms with Crippen LogP contribution in [0.25, 0.3) is 5.57 Å². The fraction of sp³-hybridized carbons (Fsp3) is 0.389. The Labute approximate surface area is 140 Å². The van der Waals surface area contributed by atoms with Gasteiger partial charge in [0.2, 0.25) is 0 Å². The lowest BCUT2D eigenvalue weighted by Gasteiger charge is -2.31. The summed E-state index contributed by atoms with van der Waals surface area (Å²) in [5, 5.41) is 0. The van der Waals surface area contributed by atoms with Crippen LogP contribution < -0.4 is 0 Å². The normalized spacial score (nSPS) is 16.2. The van der Waals surface area contributed by atoms with Crippen molar-refractivity contribution < 1.29 is 28.6 Å². The van der Waals surface area contributed by atoms with Crippen molar-refractivity contribution in [2.24, 2.45) is 0 Å². The standard InChI is InChI=1S/C18H20O6/c1-18(2)23-16(20)15(17(21)24-18)13(10-7-11-14(19)22-3)12-8-5-4-6-9-12/h4-6,8-9H,7,10-11H2,1-3H3. The molecule has 0 saturated carbocycles. The Morgan fingerprint density at radius 3 is 2.17 bits per heavy atom. The fourth-order valence-corrected chi connectivity index (χ4v) is 2.46. The highest BCUT2D eigenvalue weighted by Gasteiger charge is 2.40. The SMILES string of the molecule is COC(=O)CCCC(=C1C(=O)OC(C)(C)OC1=O)c1ccccc1. The number of hydrogen-bond acceptors (Lipinski definition) is 6. The van der Waals surface area contributed by atoms with E-state index in [2.05, 4.69) is 4.74 Å². The molecule has 6 heteroatoms. The molecule has 0 amide bonds. The molecule has 2 rings (SSSR count). The molecule has 1 aromatic carbocycles. The Morgan fingerprint density at radius 2 is 1.62 bits per heavy atom. The summed E-state index contributed by atoms with van der Waals surface area (Å²) in [6, 6.07) is 9.03. The summed E-state index contributed by atoms with van der Waals surface area (Å²) in [4.78, 5) is 35.9. The van der Waals surface area contributed by atoms with Gasteiger partial charge in [-0.1, -0.05) is 30.3 Å². The first-order chi connectivity index (χ1) is 11.3. The second-order valence-electron chi connectivity index (χ2n) is 5.83. The predicted octanol–water partition coefficient (Wildman–Crippen LogP) is 2.62. The van der Waals surface area contributed by atoms with E-state index in [-0.39, 0.29) is 18.0 Å². The number of allylic oxidation sites excluding steroid dienone is 1. The number of carbonyl (C=O) groups is 3. The monoisotopic (exact) mass is 332 g/mol. The molecule has 128 valence electrons. The third-order valence-corrected chi connectivity index (χ3v) is 3.54. The van der Waals surface area contributed by atoms with Crippen molar-refractivity contribution in [1.82, 2.24) is 0 Å². The Balaban J connectivity index is 2.36. The van der Waals surface area contributed by atoms with Gasteiger partial charge in [-0.15, -0.1) is 0 Å². The fourth-order valence-electron chi connectivity index (χ4n) is 2.46. The first kappa shape index (κ1) is 17.7. The minimum absolute atomic E-state index is 0.120. The molecule has 1 aromatic rings.